The minimum Gasteiger partial charge on any atom is -0.347 e. The number of pyridine rings is 1. The summed E-state index contributed by atoms with van der Waals surface area (Å²) in [6.07, 6.45) is 2.25. The summed E-state index contributed by atoms with van der Waals surface area (Å²) in [6, 6.07) is 8.10. The minimum atomic E-state index is -0.474. The Hall–Kier alpha value is -2.68. The van der Waals surface area contributed by atoms with Crippen molar-refractivity contribution in [1.82, 2.24) is 14.7 Å². The van der Waals surface area contributed by atoms with Crippen molar-refractivity contribution in [2.75, 3.05) is 18.1 Å². The van der Waals surface area contributed by atoms with Crippen molar-refractivity contribution in [3.05, 3.63) is 64.3 Å². The molecule has 3 rings (SSSR count). The van der Waals surface area contributed by atoms with E-state index in [0.29, 0.717) is 47.1 Å². The maximum atomic E-state index is 14.3. The van der Waals surface area contributed by atoms with Crippen molar-refractivity contribution in [2.45, 2.75) is 19.9 Å². The third-order valence-corrected chi connectivity index (χ3v) is 4.57. The molecule has 1 amide bonds. The Morgan fingerprint density at radius 3 is 2.82 bits per heavy atom. The molecule has 5 N–H and O–H groups in total. The van der Waals surface area contributed by atoms with Crippen molar-refractivity contribution in [2.24, 2.45) is 11.6 Å². The highest BCUT2D eigenvalue weighted by Crippen LogP contribution is 2.19. The van der Waals surface area contributed by atoms with Gasteiger partial charge in [-0.3, -0.25) is 9.20 Å². The Kier molecular flexibility index (Phi) is 6.13. The maximum absolute atomic E-state index is 14.3. The zero-order valence-electron chi connectivity index (χ0n) is 15.5. The van der Waals surface area contributed by atoms with E-state index in [-0.39, 0.29) is 18.1 Å². The molecular formula is C19H22ClFN6O. The summed E-state index contributed by atoms with van der Waals surface area (Å²) < 4.78 is 16.0. The summed E-state index contributed by atoms with van der Waals surface area (Å²) in [4.78, 5) is 17.2. The number of hydrogen-bond donors (Lipinski definition) is 3. The van der Waals surface area contributed by atoms with Gasteiger partial charge >= 0.3 is 0 Å². The molecule has 0 aliphatic rings. The molecule has 0 radical (unpaired) electrons. The molecule has 1 aromatic carbocycles. The molecule has 148 valence electrons. The molecule has 7 nitrogen and oxygen atoms in total. The summed E-state index contributed by atoms with van der Waals surface area (Å²) in [7, 11) is 0. The first-order chi connectivity index (χ1) is 13.4. The molecule has 28 heavy (non-hydrogen) atoms. The van der Waals surface area contributed by atoms with Crippen LogP contribution in [0.2, 0.25) is 5.02 Å². The predicted molar refractivity (Wildman–Crippen MR) is 108 cm³/mol. The summed E-state index contributed by atoms with van der Waals surface area (Å²) in [5, 5.41) is 4.57. The number of nitrogens with one attached hydrogen (secondary N) is 1. The lowest BCUT2D eigenvalue weighted by Gasteiger charge is -2.18. The molecule has 2 aromatic heterocycles. The Balaban J connectivity index is 1.78. The Morgan fingerprint density at radius 2 is 2.14 bits per heavy atom. The molecule has 3 aromatic rings. The van der Waals surface area contributed by atoms with Crippen molar-refractivity contribution < 1.29 is 9.18 Å². The quantitative estimate of drug-likeness (QED) is 0.414. The number of hydrogen-bond acceptors (Lipinski definition) is 5. The van der Waals surface area contributed by atoms with E-state index >= 15 is 0 Å². The van der Waals surface area contributed by atoms with Gasteiger partial charge in [0, 0.05) is 25.8 Å². The average molecular weight is 405 g/mol. The number of hydrazine groups is 1. The van der Waals surface area contributed by atoms with Crippen LogP contribution in [0, 0.1) is 5.82 Å². The molecule has 0 saturated heterocycles. The molecule has 2 heterocycles. The van der Waals surface area contributed by atoms with Crippen LogP contribution in [-0.2, 0) is 13.0 Å². The van der Waals surface area contributed by atoms with Crippen LogP contribution in [0.5, 0.6) is 0 Å². The fourth-order valence-electron chi connectivity index (χ4n) is 2.97. The number of aromatic nitrogens is 2. The number of rotatable bonds is 7. The zero-order valence-corrected chi connectivity index (χ0v) is 16.2. The molecule has 0 atom stereocenters. The second-order valence-corrected chi connectivity index (χ2v) is 6.72. The Morgan fingerprint density at radius 1 is 1.36 bits per heavy atom. The van der Waals surface area contributed by atoms with Gasteiger partial charge in [0.15, 0.2) is 0 Å². The number of fused-ring (bicyclic) bond motifs is 1. The van der Waals surface area contributed by atoms with Crippen LogP contribution in [0.4, 0.5) is 10.1 Å². The Bertz CT molecular complexity index is 1010. The predicted octanol–water partition coefficient (Wildman–Crippen LogP) is 2.26. The maximum Gasteiger partial charge on any atom is 0.270 e. The molecule has 0 fully saturated rings. The molecule has 0 bridgehead atoms. The second kappa shape index (κ2) is 8.55. The first-order valence-electron chi connectivity index (χ1n) is 8.90. The number of carbonyl (C=O) groups is 1. The molecule has 0 aliphatic heterocycles. The first-order valence-corrected chi connectivity index (χ1v) is 9.27. The highest BCUT2D eigenvalue weighted by Gasteiger charge is 2.18. The third-order valence-electron chi connectivity index (χ3n) is 4.35. The normalized spacial score (nSPS) is 11.0. The lowest BCUT2D eigenvalue weighted by Crippen LogP contribution is -2.36. The monoisotopic (exact) mass is 404 g/mol. The Labute approximate surface area is 167 Å². The van der Waals surface area contributed by atoms with Crippen LogP contribution in [-0.4, -0.2) is 28.4 Å². The van der Waals surface area contributed by atoms with Gasteiger partial charge in [-0.1, -0.05) is 24.6 Å². The van der Waals surface area contributed by atoms with Gasteiger partial charge in [0.25, 0.3) is 5.91 Å². The fraction of sp³-hybridized carbons (Fsp3) is 0.263. The second-order valence-electron chi connectivity index (χ2n) is 6.29. The molecule has 9 heteroatoms. The van der Waals surface area contributed by atoms with Gasteiger partial charge in [-0.2, -0.15) is 0 Å². The van der Waals surface area contributed by atoms with E-state index in [2.05, 4.69) is 10.3 Å². The van der Waals surface area contributed by atoms with Crippen molar-refractivity contribution in [3.8, 4) is 0 Å². The molecule has 0 aliphatic carbocycles. The number of aryl methyl sites for hydroxylation is 1. The van der Waals surface area contributed by atoms with Gasteiger partial charge in [0.1, 0.15) is 17.2 Å². The SMILES string of the molecule is CCc1nc2ccc(Cl)cn2c1C(=O)NCc1ccc(N(N)CCN)c(F)c1. The third kappa shape index (κ3) is 4.09. The number of amides is 1. The fourth-order valence-corrected chi connectivity index (χ4v) is 3.13. The smallest absolute Gasteiger partial charge is 0.270 e. The number of benzene rings is 1. The van der Waals surface area contributed by atoms with Gasteiger partial charge in [-0.25, -0.2) is 15.2 Å². The largest absolute Gasteiger partial charge is 0.347 e. The molecule has 0 unspecified atom stereocenters. The number of carbonyl (C=O) groups excluding carboxylic acids is 1. The van der Waals surface area contributed by atoms with Crippen LogP contribution >= 0.6 is 11.6 Å². The number of nitrogens with zero attached hydrogens (tertiary/aromatic N) is 3. The van der Waals surface area contributed by atoms with Gasteiger partial charge in [0.2, 0.25) is 0 Å². The van der Waals surface area contributed by atoms with E-state index in [1.165, 1.54) is 11.1 Å². The highest BCUT2D eigenvalue weighted by molar-refractivity contribution is 6.30. The van der Waals surface area contributed by atoms with Crippen molar-refractivity contribution in [1.29, 1.82) is 0 Å². The van der Waals surface area contributed by atoms with Gasteiger partial charge in [-0.05, 0) is 36.2 Å². The zero-order chi connectivity index (χ0) is 20.3. The van der Waals surface area contributed by atoms with Gasteiger partial charge in [-0.15, -0.1) is 0 Å². The summed E-state index contributed by atoms with van der Waals surface area (Å²) in [5.74, 6) is 4.98. The van der Waals surface area contributed by atoms with Crippen LogP contribution in [0.25, 0.3) is 5.65 Å². The van der Waals surface area contributed by atoms with Crippen LogP contribution in [0.1, 0.15) is 28.7 Å². The average Bonchev–Trinajstić information content (AvgIpc) is 3.04. The van der Waals surface area contributed by atoms with Crippen molar-refractivity contribution >= 4 is 28.8 Å². The van der Waals surface area contributed by atoms with E-state index in [1.54, 1.807) is 34.9 Å². The standard InChI is InChI=1S/C19H22ClFN6O/c1-2-15-18(26-11-13(20)4-6-17(26)25-15)19(28)24-10-12-3-5-16(14(21)9-12)27(23)8-7-22/h3-6,9,11H,2,7-8,10,22-23H2,1H3,(H,24,28). The van der Waals surface area contributed by atoms with Gasteiger partial charge in [0.05, 0.1) is 16.4 Å². The van der Waals surface area contributed by atoms with E-state index in [0.717, 1.165) is 0 Å². The van der Waals surface area contributed by atoms with E-state index < -0.39 is 5.82 Å². The van der Waals surface area contributed by atoms with E-state index in [9.17, 15) is 9.18 Å². The summed E-state index contributed by atoms with van der Waals surface area (Å²) in [6.45, 7) is 2.74. The van der Waals surface area contributed by atoms with Crippen LogP contribution in [0.15, 0.2) is 36.5 Å². The van der Waals surface area contributed by atoms with Crippen LogP contribution in [0.3, 0.4) is 0 Å². The molecular weight excluding hydrogens is 383 g/mol. The lowest BCUT2D eigenvalue weighted by atomic mass is 10.2. The van der Waals surface area contributed by atoms with E-state index in [4.69, 9.17) is 23.2 Å². The van der Waals surface area contributed by atoms with Crippen molar-refractivity contribution in [3.63, 3.8) is 0 Å². The number of nitrogens with two attached hydrogens (primary N) is 2. The number of halogens is 2. The first kappa shape index (κ1) is 20.1. The summed E-state index contributed by atoms with van der Waals surface area (Å²) in [5.41, 5.74) is 8.04. The van der Waals surface area contributed by atoms with Crippen LogP contribution < -0.4 is 21.9 Å². The highest BCUT2D eigenvalue weighted by atomic mass is 35.5. The van der Waals surface area contributed by atoms with E-state index in [1.807, 2.05) is 6.92 Å². The summed E-state index contributed by atoms with van der Waals surface area (Å²) >= 11 is 6.06. The topological polar surface area (TPSA) is 102 Å². The molecule has 0 spiro atoms. The lowest BCUT2D eigenvalue weighted by molar-refractivity contribution is 0.0944. The number of imidazole rings is 1. The number of anilines is 1. The molecule has 0 saturated carbocycles. The van der Waals surface area contributed by atoms with Gasteiger partial charge < -0.3 is 16.1 Å². The minimum absolute atomic E-state index is 0.161.